The zero-order valence-corrected chi connectivity index (χ0v) is 33.9. The number of para-hydroxylation sites is 4. The fraction of sp³-hybridized carbons (Fsp3) is 0. The summed E-state index contributed by atoms with van der Waals surface area (Å²) in [7, 11) is 0. The molecule has 0 bridgehead atoms. The van der Waals surface area contributed by atoms with Crippen LogP contribution in [0.3, 0.4) is 0 Å². The van der Waals surface area contributed by atoms with Crippen LogP contribution in [0.1, 0.15) is 0 Å². The maximum absolute atomic E-state index is 6.57. The third-order valence-corrected chi connectivity index (χ3v) is 12.4. The average molecular weight is 806 g/mol. The molecule has 6 nitrogen and oxygen atoms in total. The summed E-state index contributed by atoms with van der Waals surface area (Å²) in [6.45, 7) is 0. The van der Waals surface area contributed by atoms with Crippen molar-refractivity contribution < 1.29 is 4.42 Å². The van der Waals surface area contributed by atoms with Gasteiger partial charge in [0.1, 0.15) is 11.2 Å². The number of hydrogen-bond donors (Lipinski definition) is 0. The molecular weight excluding hydrogens is 771 g/mol. The number of aromatic nitrogens is 5. The molecule has 0 fully saturated rings. The van der Waals surface area contributed by atoms with E-state index < -0.39 is 0 Å². The lowest BCUT2D eigenvalue weighted by molar-refractivity contribution is 0.669. The van der Waals surface area contributed by atoms with Gasteiger partial charge in [0.15, 0.2) is 11.6 Å². The third-order valence-electron chi connectivity index (χ3n) is 12.4. The Labute approximate surface area is 361 Å². The Bertz CT molecular complexity index is 3920. The second kappa shape index (κ2) is 14.0. The highest BCUT2D eigenvalue weighted by molar-refractivity contribution is 6.23. The summed E-state index contributed by atoms with van der Waals surface area (Å²) in [6.07, 6.45) is 0. The molecule has 63 heavy (non-hydrogen) atoms. The Morgan fingerprint density at radius 2 is 0.857 bits per heavy atom. The zero-order chi connectivity index (χ0) is 41.4. The Hall–Kier alpha value is -8.61. The van der Waals surface area contributed by atoms with Crippen LogP contribution in [0.5, 0.6) is 0 Å². The topological polar surface area (TPSA) is 61.7 Å². The summed E-state index contributed by atoms with van der Waals surface area (Å²) in [6, 6.07) is 74.5. The summed E-state index contributed by atoms with van der Waals surface area (Å²) in [5.41, 5.74) is 13.2. The van der Waals surface area contributed by atoms with Crippen molar-refractivity contribution in [1.82, 2.24) is 24.1 Å². The highest BCUT2D eigenvalue weighted by Crippen LogP contribution is 2.43. The van der Waals surface area contributed by atoms with Crippen LogP contribution < -0.4 is 0 Å². The van der Waals surface area contributed by atoms with Crippen molar-refractivity contribution in [3.63, 3.8) is 0 Å². The Kier molecular flexibility index (Phi) is 7.80. The van der Waals surface area contributed by atoms with Gasteiger partial charge in [-0.25, -0.2) is 4.98 Å². The molecule has 4 aromatic heterocycles. The van der Waals surface area contributed by atoms with E-state index in [1.54, 1.807) is 0 Å². The van der Waals surface area contributed by atoms with Crippen molar-refractivity contribution in [2.24, 2.45) is 0 Å². The smallest absolute Gasteiger partial charge is 0.238 e. The summed E-state index contributed by atoms with van der Waals surface area (Å²) in [5, 5.41) is 6.59. The Morgan fingerprint density at radius 3 is 1.60 bits per heavy atom. The molecule has 294 valence electrons. The molecule has 0 aliphatic rings. The van der Waals surface area contributed by atoms with E-state index in [1.807, 2.05) is 42.5 Å². The molecule has 0 aliphatic heterocycles. The van der Waals surface area contributed by atoms with Crippen LogP contribution in [0.15, 0.2) is 217 Å². The lowest BCUT2D eigenvalue weighted by Crippen LogP contribution is -2.07. The molecule has 9 aromatic carbocycles. The molecule has 0 unspecified atom stereocenters. The van der Waals surface area contributed by atoms with Crippen molar-refractivity contribution in [1.29, 1.82) is 0 Å². The van der Waals surface area contributed by atoms with Crippen LogP contribution in [0.4, 0.5) is 0 Å². The lowest BCUT2D eigenvalue weighted by atomic mass is 9.94. The first-order valence-corrected chi connectivity index (χ1v) is 21.2. The fourth-order valence-electron chi connectivity index (χ4n) is 9.62. The molecule has 13 aromatic rings. The van der Waals surface area contributed by atoms with Crippen molar-refractivity contribution in [2.45, 2.75) is 0 Å². The molecule has 0 atom stereocenters. The normalized spacial score (nSPS) is 11.8. The third kappa shape index (κ3) is 5.48. The van der Waals surface area contributed by atoms with Crippen LogP contribution in [-0.2, 0) is 0 Å². The van der Waals surface area contributed by atoms with E-state index in [2.05, 4.69) is 179 Å². The maximum Gasteiger partial charge on any atom is 0.238 e. The summed E-state index contributed by atoms with van der Waals surface area (Å²) >= 11 is 0. The first kappa shape index (κ1) is 35.2. The first-order valence-electron chi connectivity index (χ1n) is 21.2. The highest BCUT2D eigenvalue weighted by Gasteiger charge is 2.24. The second-order valence-electron chi connectivity index (χ2n) is 16.0. The van der Waals surface area contributed by atoms with E-state index >= 15 is 0 Å². The minimum absolute atomic E-state index is 0.521. The van der Waals surface area contributed by atoms with Crippen LogP contribution in [-0.4, -0.2) is 24.1 Å². The Morgan fingerprint density at radius 1 is 0.333 bits per heavy atom. The summed E-state index contributed by atoms with van der Waals surface area (Å²) in [5.74, 6) is 1.63. The molecule has 4 heterocycles. The number of rotatable bonds is 6. The van der Waals surface area contributed by atoms with Crippen molar-refractivity contribution >= 4 is 65.6 Å². The fourth-order valence-corrected chi connectivity index (χ4v) is 9.62. The molecular formula is C57H35N5O. The van der Waals surface area contributed by atoms with E-state index in [0.717, 1.165) is 82.5 Å². The van der Waals surface area contributed by atoms with Crippen molar-refractivity contribution in [3.8, 4) is 56.7 Å². The summed E-state index contributed by atoms with van der Waals surface area (Å²) in [4.78, 5) is 16.0. The monoisotopic (exact) mass is 805 g/mol. The minimum atomic E-state index is 0.521. The number of benzene rings is 9. The van der Waals surface area contributed by atoms with Gasteiger partial charge in [0, 0.05) is 43.6 Å². The number of furan rings is 1. The number of hydrogen-bond acceptors (Lipinski definition) is 4. The van der Waals surface area contributed by atoms with E-state index in [-0.39, 0.29) is 0 Å². The molecule has 0 radical (unpaired) electrons. The quantitative estimate of drug-likeness (QED) is 0.168. The van der Waals surface area contributed by atoms with E-state index in [0.29, 0.717) is 17.6 Å². The van der Waals surface area contributed by atoms with Gasteiger partial charge in [-0.3, -0.25) is 4.57 Å². The van der Waals surface area contributed by atoms with Gasteiger partial charge in [-0.1, -0.05) is 176 Å². The van der Waals surface area contributed by atoms with Crippen LogP contribution in [0, 0.1) is 0 Å². The van der Waals surface area contributed by atoms with Crippen LogP contribution >= 0.6 is 0 Å². The minimum Gasteiger partial charge on any atom is -0.455 e. The van der Waals surface area contributed by atoms with E-state index in [1.165, 1.54) is 22.1 Å². The van der Waals surface area contributed by atoms with Crippen LogP contribution in [0.2, 0.25) is 0 Å². The lowest BCUT2D eigenvalue weighted by Gasteiger charge is -2.15. The molecule has 0 amide bonds. The maximum atomic E-state index is 6.57. The molecule has 0 saturated heterocycles. The SMILES string of the molecule is c1ccc(-c2nc(-c3cccc4c3oc3ccccc34)nc(-n3c4ccccc4c4ccc5c6ccccc6n(-c6cccc(-c7ccccc7-c7ccccc7)c6)c5c43)n2)cc1. The van der Waals surface area contributed by atoms with Gasteiger partial charge < -0.3 is 8.98 Å². The highest BCUT2D eigenvalue weighted by atomic mass is 16.3. The van der Waals surface area contributed by atoms with Gasteiger partial charge in [0.25, 0.3) is 0 Å². The zero-order valence-electron chi connectivity index (χ0n) is 33.9. The van der Waals surface area contributed by atoms with Gasteiger partial charge in [-0.05, 0) is 58.7 Å². The van der Waals surface area contributed by atoms with Crippen molar-refractivity contribution in [2.75, 3.05) is 0 Å². The number of nitrogens with zero attached hydrogens (tertiary/aromatic N) is 5. The van der Waals surface area contributed by atoms with Gasteiger partial charge in [-0.15, -0.1) is 0 Å². The predicted octanol–water partition coefficient (Wildman–Crippen LogP) is 14.6. The van der Waals surface area contributed by atoms with Crippen molar-refractivity contribution in [3.05, 3.63) is 212 Å². The Balaban J connectivity index is 1.12. The van der Waals surface area contributed by atoms with E-state index in [9.17, 15) is 0 Å². The molecule has 0 spiro atoms. The molecule has 0 N–H and O–H groups in total. The van der Waals surface area contributed by atoms with Crippen LogP contribution in [0.25, 0.3) is 122 Å². The average Bonchev–Trinajstić information content (AvgIpc) is 4.02. The molecule has 0 saturated carbocycles. The second-order valence-corrected chi connectivity index (χ2v) is 16.0. The van der Waals surface area contributed by atoms with Gasteiger partial charge in [-0.2, -0.15) is 9.97 Å². The molecule has 0 aliphatic carbocycles. The predicted molar refractivity (Wildman–Crippen MR) is 258 cm³/mol. The standard InChI is InChI=1S/C57H35N5O/c1-3-17-36(18-4-1)40-23-7-8-24-41(40)38-21-15-22-39(35-38)61-49-30-12-9-25-42(49)45-33-34-46-43-26-10-13-31-50(43)62(53(46)52(45)61)57-59-55(37-19-5-2-6-20-37)58-56(60-57)48-29-16-28-47-44-27-11-14-32-51(44)63-54(47)48/h1-35H. The molecule has 13 rings (SSSR count). The van der Waals surface area contributed by atoms with Gasteiger partial charge in [0.2, 0.25) is 5.95 Å². The number of fused-ring (bicyclic) bond motifs is 10. The first-order chi connectivity index (χ1) is 31.3. The van der Waals surface area contributed by atoms with Gasteiger partial charge in [0.05, 0.1) is 27.6 Å². The van der Waals surface area contributed by atoms with E-state index in [4.69, 9.17) is 19.4 Å². The largest absolute Gasteiger partial charge is 0.455 e. The summed E-state index contributed by atoms with van der Waals surface area (Å²) < 4.78 is 11.2. The van der Waals surface area contributed by atoms with Gasteiger partial charge >= 0.3 is 0 Å². The molecule has 6 heteroatoms.